The van der Waals surface area contributed by atoms with Crippen molar-refractivity contribution in [3.05, 3.63) is 70.5 Å². The number of benzene rings is 1. The van der Waals surface area contributed by atoms with Crippen molar-refractivity contribution in [2.24, 2.45) is 0 Å². The Morgan fingerprint density at radius 3 is 2.81 bits per heavy atom. The van der Waals surface area contributed by atoms with Crippen LogP contribution in [0.1, 0.15) is 16.1 Å². The van der Waals surface area contributed by atoms with Gasteiger partial charge in [-0.25, -0.2) is 14.8 Å². The second kappa shape index (κ2) is 5.16. The molecule has 1 N–H and O–H groups in total. The Balaban J connectivity index is 2.17. The first-order valence-corrected chi connectivity index (χ1v) is 6.27. The van der Waals surface area contributed by atoms with Crippen LogP contribution in [0.4, 0.5) is 0 Å². The molecule has 0 fully saturated rings. The van der Waals surface area contributed by atoms with Crippen molar-refractivity contribution in [3.63, 3.8) is 0 Å². The van der Waals surface area contributed by atoms with Crippen molar-refractivity contribution in [3.8, 4) is 0 Å². The molecule has 0 aliphatic carbocycles. The number of rotatable bonds is 3. The molecule has 3 aromatic rings. The molecule has 6 nitrogen and oxygen atoms in total. The maximum Gasteiger partial charge on any atom is 0.339 e. The van der Waals surface area contributed by atoms with Crippen LogP contribution < -0.4 is 5.56 Å². The van der Waals surface area contributed by atoms with Crippen molar-refractivity contribution in [1.82, 2.24) is 14.5 Å². The highest BCUT2D eigenvalue weighted by Gasteiger charge is 2.13. The van der Waals surface area contributed by atoms with Crippen LogP contribution in [-0.4, -0.2) is 25.6 Å². The molecule has 21 heavy (non-hydrogen) atoms. The van der Waals surface area contributed by atoms with Crippen molar-refractivity contribution in [2.75, 3.05) is 0 Å². The summed E-state index contributed by atoms with van der Waals surface area (Å²) in [5.74, 6) is -1.11. The Kier molecular flexibility index (Phi) is 3.19. The zero-order chi connectivity index (χ0) is 14.8. The first-order chi connectivity index (χ1) is 10.2. The van der Waals surface area contributed by atoms with Gasteiger partial charge in [-0.05, 0) is 17.5 Å². The molecule has 0 saturated heterocycles. The number of hydrogen-bond acceptors (Lipinski definition) is 4. The van der Waals surface area contributed by atoms with Gasteiger partial charge in [0.2, 0.25) is 0 Å². The van der Waals surface area contributed by atoms with E-state index in [1.807, 2.05) is 24.3 Å². The Morgan fingerprint density at radius 2 is 2.00 bits per heavy atom. The first-order valence-electron chi connectivity index (χ1n) is 6.27. The van der Waals surface area contributed by atoms with E-state index >= 15 is 0 Å². The Morgan fingerprint density at radius 1 is 1.19 bits per heavy atom. The summed E-state index contributed by atoms with van der Waals surface area (Å²) in [4.78, 5) is 31.0. The zero-order valence-corrected chi connectivity index (χ0v) is 10.9. The maximum atomic E-state index is 12.1. The molecule has 0 radical (unpaired) electrons. The number of nitrogens with zero attached hydrogens (tertiary/aromatic N) is 3. The lowest BCUT2D eigenvalue weighted by Gasteiger charge is -2.10. The number of carbonyl (C=O) groups is 1. The highest BCUT2D eigenvalue weighted by molar-refractivity contribution is 5.88. The zero-order valence-electron chi connectivity index (χ0n) is 10.9. The molecule has 0 spiro atoms. The summed E-state index contributed by atoms with van der Waals surface area (Å²) in [6.07, 6.45) is 2.51. The number of carboxylic acid groups (broad SMARTS) is 1. The van der Waals surface area contributed by atoms with E-state index in [1.54, 1.807) is 6.07 Å². The fourth-order valence-corrected chi connectivity index (χ4v) is 2.22. The third kappa shape index (κ3) is 2.38. The normalized spacial score (nSPS) is 10.7. The molecule has 0 aliphatic rings. The van der Waals surface area contributed by atoms with Gasteiger partial charge in [0.25, 0.3) is 5.56 Å². The summed E-state index contributed by atoms with van der Waals surface area (Å²) in [5.41, 5.74) is 0.830. The van der Waals surface area contributed by atoms with Crippen LogP contribution in [0, 0.1) is 0 Å². The van der Waals surface area contributed by atoms with Gasteiger partial charge in [0.1, 0.15) is 11.9 Å². The van der Waals surface area contributed by atoms with Gasteiger partial charge >= 0.3 is 5.97 Å². The monoisotopic (exact) mass is 281 g/mol. The minimum atomic E-state index is -1.11. The van der Waals surface area contributed by atoms with E-state index < -0.39 is 5.97 Å². The fourth-order valence-electron chi connectivity index (χ4n) is 2.22. The molecule has 104 valence electrons. The summed E-state index contributed by atoms with van der Waals surface area (Å²) in [6, 6.07) is 10.6. The van der Waals surface area contributed by atoms with E-state index in [0.29, 0.717) is 5.69 Å². The summed E-state index contributed by atoms with van der Waals surface area (Å²) in [7, 11) is 0. The van der Waals surface area contributed by atoms with E-state index in [2.05, 4.69) is 9.97 Å². The van der Waals surface area contributed by atoms with Gasteiger partial charge in [0, 0.05) is 12.3 Å². The van der Waals surface area contributed by atoms with Crippen LogP contribution in [0.15, 0.2) is 53.7 Å². The van der Waals surface area contributed by atoms with Gasteiger partial charge in [-0.15, -0.1) is 0 Å². The van der Waals surface area contributed by atoms with Crippen LogP contribution in [0.3, 0.4) is 0 Å². The predicted octanol–water partition coefficient (Wildman–Crippen LogP) is 1.54. The quantitative estimate of drug-likeness (QED) is 0.787. The number of para-hydroxylation sites is 1. The molecule has 2 aromatic heterocycles. The van der Waals surface area contributed by atoms with Crippen molar-refractivity contribution in [2.45, 2.75) is 6.54 Å². The average Bonchev–Trinajstić information content (AvgIpc) is 2.50. The lowest BCUT2D eigenvalue weighted by Crippen LogP contribution is -2.22. The standard InChI is InChI=1S/C15H11N3O3/c19-14-6-5-10-3-1-2-4-13(10)18(14)8-12-11(15(20)21)7-16-9-17-12/h1-7,9H,8H2,(H,20,21). The number of fused-ring (bicyclic) bond motifs is 1. The maximum absolute atomic E-state index is 12.1. The predicted molar refractivity (Wildman–Crippen MR) is 76.3 cm³/mol. The largest absolute Gasteiger partial charge is 0.478 e. The van der Waals surface area contributed by atoms with E-state index in [9.17, 15) is 9.59 Å². The molecule has 0 amide bonds. The molecule has 1 aromatic carbocycles. The lowest BCUT2D eigenvalue weighted by atomic mass is 10.2. The molecule has 0 saturated carbocycles. The van der Waals surface area contributed by atoms with E-state index in [1.165, 1.54) is 23.2 Å². The van der Waals surface area contributed by atoms with E-state index in [4.69, 9.17) is 5.11 Å². The Hall–Kier alpha value is -3.02. The highest BCUT2D eigenvalue weighted by Crippen LogP contribution is 2.13. The van der Waals surface area contributed by atoms with E-state index in [-0.39, 0.29) is 17.7 Å². The first kappa shape index (κ1) is 13.0. The molecular weight excluding hydrogens is 270 g/mol. The van der Waals surface area contributed by atoms with Crippen LogP contribution in [-0.2, 0) is 6.54 Å². The third-order valence-electron chi connectivity index (χ3n) is 3.23. The summed E-state index contributed by atoms with van der Waals surface area (Å²) < 4.78 is 1.50. The van der Waals surface area contributed by atoms with Crippen molar-refractivity contribution in [1.29, 1.82) is 0 Å². The SMILES string of the molecule is O=C(O)c1cncnc1Cn1c(=O)ccc2ccccc21. The van der Waals surface area contributed by atoms with Gasteiger partial charge in [-0.3, -0.25) is 4.79 Å². The average molecular weight is 281 g/mol. The van der Waals surface area contributed by atoms with Crippen molar-refractivity contribution < 1.29 is 9.90 Å². The molecule has 0 bridgehead atoms. The minimum Gasteiger partial charge on any atom is -0.478 e. The highest BCUT2D eigenvalue weighted by atomic mass is 16.4. The van der Waals surface area contributed by atoms with Crippen LogP contribution >= 0.6 is 0 Å². The number of aromatic nitrogens is 3. The summed E-state index contributed by atoms with van der Waals surface area (Å²) >= 11 is 0. The molecule has 0 aliphatic heterocycles. The lowest BCUT2D eigenvalue weighted by molar-refractivity contribution is 0.0694. The smallest absolute Gasteiger partial charge is 0.339 e. The second-order valence-electron chi connectivity index (χ2n) is 4.50. The summed E-state index contributed by atoms with van der Waals surface area (Å²) in [5, 5.41) is 10.1. The van der Waals surface area contributed by atoms with Crippen molar-refractivity contribution >= 4 is 16.9 Å². The van der Waals surface area contributed by atoms with Gasteiger partial charge in [-0.2, -0.15) is 0 Å². The molecule has 2 heterocycles. The number of aromatic carboxylic acids is 1. The van der Waals surface area contributed by atoms with Gasteiger partial charge in [-0.1, -0.05) is 18.2 Å². The van der Waals surface area contributed by atoms with Gasteiger partial charge in [0.15, 0.2) is 0 Å². The van der Waals surface area contributed by atoms with Gasteiger partial charge < -0.3 is 9.67 Å². The molecule has 3 rings (SSSR count). The minimum absolute atomic E-state index is 0.00247. The van der Waals surface area contributed by atoms with Gasteiger partial charge in [0.05, 0.1) is 17.8 Å². The number of hydrogen-bond donors (Lipinski definition) is 1. The molecule has 6 heteroatoms. The second-order valence-corrected chi connectivity index (χ2v) is 4.50. The topological polar surface area (TPSA) is 85.1 Å². The molecular formula is C15H11N3O3. The Labute approximate surface area is 119 Å². The van der Waals surface area contributed by atoms with Crippen LogP contribution in [0.2, 0.25) is 0 Å². The number of pyridine rings is 1. The Bertz CT molecular complexity index is 886. The van der Waals surface area contributed by atoms with Crippen LogP contribution in [0.5, 0.6) is 0 Å². The molecule has 0 atom stereocenters. The number of carboxylic acids is 1. The summed E-state index contributed by atoms with van der Waals surface area (Å²) in [6.45, 7) is 0.0876. The van der Waals surface area contributed by atoms with Crippen LogP contribution in [0.25, 0.3) is 10.9 Å². The fraction of sp³-hybridized carbons (Fsp3) is 0.0667. The molecule has 0 unspecified atom stereocenters. The third-order valence-corrected chi connectivity index (χ3v) is 3.23. The van der Waals surface area contributed by atoms with E-state index in [0.717, 1.165) is 10.9 Å².